The van der Waals surface area contributed by atoms with Crippen LogP contribution < -0.4 is 5.73 Å². The highest BCUT2D eigenvalue weighted by atomic mass is 16.2. The van der Waals surface area contributed by atoms with E-state index in [-0.39, 0.29) is 17.2 Å². The summed E-state index contributed by atoms with van der Waals surface area (Å²) in [6.45, 7) is 5.44. The quantitative estimate of drug-likeness (QED) is 0.645. The van der Waals surface area contributed by atoms with Gasteiger partial charge in [0.15, 0.2) is 0 Å². The molecule has 1 aromatic rings. The Kier molecular flexibility index (Phi) is 4.78. The van der Waals surface area contributed by atoms with Crippen molar-refractivity contribution in [1.29, 1.82) is 0 Å². The van der Waals surface area contributed by atoms with Crippen molar-refractivity contribution >= 4 is 11.8 Å². The Hall–Kier alpha value is -1.68. The Morgan fingerprint density at radius 2 is 1.90 bits per heavy atom. The van der Waals surface area contributed by atoms with Crippen LogP contribution in [-0.2, 0) is 11.2 Å². The van der Waals surface area contributed by atoms with E-state index in [1.54, 1.807) is 6.07 Å². The van der Waals surface area contributed by atoms with Gasteiger partial charge in [-0.2, -0.15) is 0 Å². The first kappa shape index (κ1) is 15.7. The van der Waals surface area contributed by atoms with E-state index < -0.39 is 0 Å². The van der Waals surface area contributed by atoms with Crippen molar-refractivity contribution in [2.75, 3.05) is 13.1 Å². The maximum absolute atomic E-state index is 12.4. The van der Waals surface area contributed by atoms with E-state index in [0.717, 1.165) is 24.8 Å². The summed E-state index contributed by atoms with van der Waals surface area (Å²) in [5, 5.41) is 0. The molecule has 1 aromatic carbocycles. The van der Waals surface area contributed by atoms with Gasteiger partial charge in [0.2, 0.25) is 5.91 Å². The van der Waals surface area contributed by atoms with Gasteiger partial charge in [-0.1, -0.05) is 38.5 Å². The van der Waals surface area contributed by atoms with Gasteiger partial charge in [-0.25, -0.2) is 0 Å². The van der Waals surface area contributed by atoms with Gasteiger partial charge in [-0.15, -0.1) is 0 Å². The monoisotopic (exact) mass is 288 g/mol. The minimum atomic E-state index is -0.153. The Balaban J connectivity index is 1.93. The molecule has 4 nitrogen and oxygen atoms in total. The fourth-order valence-electron chi connectivity index (χ4n) is 2.60. The second-order valence-corrected chi connectivity index (χ2v) is 6.51. The molecular formula is C17H24N2O2. The van der Waals surface area contributed by atoms with Gasteiger partial charge in [0.05, 0.1) is 6.42 Å². The van der Waals surface area contributed by atoms with E-state index in [4.69, 9.17) is 5.73 Å². The second kappa shape index (κ2) is 6.39. The third-order valence-corrected chi connectivity index (χ3v) is 4.17. The van der Waals surface area contributed by atoms with Crippen LogP contribution in [0.5, 0.6) is 0 Å². The lowest BCUT2D eigenvalue weighted by molar-refractivity contribution is -0.128. The Bertz CT molecular complexity index is 537. The van der Waals surface area contributed by atoms with E-state index in [1.807, 2.05) is 18.2 Å². The molecule has 0 saturated carbocycles. The molecule has 0 bridgehead atoms. The normalized spacial score (nSPS) is 15.3. The number of hydrogen-bond donors (Lipinski definition) is 1. The summed E-state index contributed by atoms with van der Waals surface area (Å²) in [5.41, 5.74) is 7.34. The zero-order valence-electron chi connectivity index (χ0n) is 12.9. The molecule has 21 heavy (non-hydrogen) atoms. The first-order valence-electron chi connectivity index (χ1n) is 7.57. The number of hydrogen-bond acceptors (Lipinski definition) is 3. The van der Waals surface area contributed by atoms with Gasteiger partial charge in [-0.3, -0.25) is 14.5 Å². The lowest BCUT2D eigenvalue weighted by Crippen LogP contribution is -2.42. The minimum absolute atomic E-state index is 0.0863. The fraction of sp³-hybridized carbons (Fsp3) is 0.529. The highest BCUT2D eigenvalue weighted by Gasteiger charge is 2.30. The second-order valence-electron chi connectivity index (χ2n) is 6.51. The van der Waals surface area contributed by atoms with Crippen molar-refractivity contribution in [3.8, 4) is 0 Å². The van der Waals surface area contributed by atoms with Crippen molar-refractivity contribution in [2.24, 2.45) is 11.1 Å². The summed E-state index contributed by atoms with van der Waals surface area (Å²) in [6.07, 6.45) is 3.15. The average molecular weight is 288 g/mol. The maximum atomic E-state index is 12.4. The third-order valence-electron chi connectivity index (χ3n) is 4.17. The van der Waals surface area contributed by atoms with Crippen LogP contribution in [0.25, 0.3) is 0 Å². The number of fused-ring (bicyclic) bond motifs is 1. The topological polar surface area (TPSA) is 63.4 Å². The highest BCUT2D eigenvalue weighted by molar-refractivity contribution is 6.09. The molecule has 0 fully saturated rings. The Morgan fingerprint density at radius 1 is 1.19 bits per heavy atom. The first-order valence-corrected chi connectivity index (χ1v) is 7.57. The minimum Gasteiger partial charge on any atom is -0.330 e. The van der Waals surface area contributed by atoms with Crippen LogP contribution in [0.4, 0.5) is 0 Å². The summed E-state index contributed by atoms with van der Waals surface area (Å²) < 4.78 is 0. The lowest BCUT2D eigenvalue weighted by Gasteiger charge is -2.27. The lowest BCUT2D eigenvalue weighted by atomic mass is 9.87. The number of carbonyl (C=O) groups excluding carboxylic acids is 2. The fourth-order valence-corrected chi connectivity index (χ4v) is 2.60. The SMILES string of the molecule is CC(C)(CN)CCCCN1C(=O)Cc2ccccc2C1=O. The number of nitrogens with zero attached hydrogens (tertiary/aromatic N) is 1. The van der Waals surface area contributed by atoms with E-state index in [1.165, 1.54) is 4.90 Å². The maximum Gasteiger partial charge on any atom is 0.260 e. The van der Waals surface area contributed by atoms with Crippen LogP contribution in [-0.4, -0.2) is 29.8 Å². The van der Waals surface area contributed by atoms with Gasteiger partial charge < -0.3 is 5.73 Å². The molecule has 1 heterocycles. The molecule has 114 valence electrons. The molecule has 0 spiro atoms. The number of unbranched alkanes of at least 4 members (excludes halogenated alkanes) is 1. The van der Waals surface area contributed by atoms with Crippen molar-refractivity contribution in [1.82, 2.24) is 4.90 Å². The number of benzene rings is 1. The highest BCUT2D eigenvalue weighted by Crippen LogP contribution is 2.23. The predicted molar refractivity (Wildman–Crippen MR) is 82.9 cm³/mol. The van der Waals surface area contributed by atoms with Crippen LogP contribution >= 0.6 is 0 Å². The van der Waals surface area contributed by atoms with Crippen molar-refractivity contribution in [2.45, 2.75) is 39.5 Å². The first-order chi connectivity index (χ1) is 9.94. The Labute approximate surface area is 126 Å². The Morgan fingerprint density at radius 3 is 2.62 bits per heavy atom. The summed E-state index contributed by atoms with van der Waals surface area (Å²) in [4.78, 5) is 25.9. The van der Waals surface area contributed by atoms with E-state index >= 15 is 0 Å². The summed E-state index contributed by atoms with van der Waals surface area (Å²) in [6, 6.07) is 7.36. The molecule has 0 saturated heterocycles. The van der Waals surface area contributed by atoms with Crippen molar-refractivity contribution in [3.05, 3.63) is 35.4 Å². The average Bonchev–Trinajstić information content (AvgIpc) is 2.46. The molecule has 2 rings (SSSR count). The molecule has 0 radical (unpaired) electrons. The molecule has 1 aliphatic heterocycles. The summed E-state index contributed by atoms with van der Waals surface area (Å²) >= 11 is 0. The number of amides is 2. The molecule has 0 aromatic heterocycles. The van der Waals surface area contributed by atoms with Crippen LogP contribution in [0.3, 0.4) is 0 Å². The van der Waals surface area contributed by atoms with Crippen LogP contribution in [0.1, 0.15) is 49.0 Å². The molecule has 0 atom stereocenters. The zero-order valence-corrected chi connectivity index (χ0v) is 12.9. The van der Waals surface area contributed by atoms with Gasteiger partial charge >= 0.3 is 0 Å². The van der Waals surface area contributed by atoms with E-state index in [2.05, 4.69) is 13.8 Å². The van der Waals surface area contributed by atoms with Crippen LogP contribution in [0.2, 0.25) is 0 Å². The molecular weight excluding hydrogens is 264 g/mol. The van der Waals surface area contributed by atoms with Crippen molar-refractivity contribution < 1.29 is 9.59 Å². The predicted octanol–water partition coefficient (Wildman–Crippen LogP) is 2.37. The van der Waals surface area contributed by atoms with Gasteiger partial charge in [-0.05, 0) is 36.4 Å². The number of carbonyl (C=O) groups is 2. The molecule has 1 aliphatic rings. The number of imide groups is 1. The third kappa shape index (κ3) is 3.70. The largest absolute Gasteiger partial charge is 0.330 e. The van der Waals surface area contributed by atoms with Crippen molar-refractivity contribution in [3.63, 3.8) is 0 Å². The number of nitrogens with two attached hydrogens (primary N) is 1. The molecule has 0 unspecified atom stereocenters. The van der Waals surface area contributed by atoms with Gasteiger partial charge in [0.25, 0.3) is 5.91 Å². The summed E-state index contributed by atoms with van der Waals surface area (Å²) in [7, 11) is 0. The zero-order chi connectivity index (χ0) is 15.5. The van der Waals surface area contributed by atoms with E-state index in [0.29, 0.717) is 25.1 Å². The molecule has 2 amide bonds. The van der Waals surface area contributed by atoms with Gasteiger partial charge in [0, 0.05) is 12.1 Å². The summed E-state index contributed by atoms with van der Waals surface area (Å²) in [5.74, 6) is -0.239. The van der Waals surface area contributed by atoms with Gasteiger partial charge in [0.1, 0.15) is 0 Å². The van der Waals surface area contributed by atoms with Crippen LogP contribution in [0.15, 0.2) is 24.3 Å². The standard InChI is InChI=1S/C17H24N2O2/c1-17(2,12-18)9-5-6-10-19-15(20)11-13-7-3-4-8-14(13)16(19)21/h3-4,7-8H,5-6,9-12,18H2,1-2H3. The van der Waals surface area contributed by atoms with E-state index in [9.17, 15) is 9.59 Å². The molecule has 2 N–H and O–H groups in total. The smallest absolute Gasteiger partial charge is 0.260 e. The molecule has 4 heteroatoms. The van der Waals surface area contributed by atoms with Crippen LogP contribution in [0, 0.1) is 5.41 Å². The number of rotatable bonds is 6. The molecule has 0 aliphatic carbocycles.